The summed E-state index contributed by atoms with van der Waals surface area (Å²) in [5, 5.41) is 10.3. The first-order valence-corrected chi connectivity index (χ1v) is 9.89. The SMILES string of the molecule is COC(=O)CNS(=O)(=O)c1cc(Oc2c(Cl)cc(Br)cc2Cl)ccc1O. The standard InChI is InChI=1S/C15H12BrCl2NO6S/c1-24-14(21)7-19-26(22,23)13-6-9(2-3-12(13)20)25-15-10(17)4-8(16)5-11(15)18/h2-6,19-20H,7H2,1H3. The number of carbonyl (C=O) groups is 1. The van der Waals surface area contributed by atoms with E-state index >= 15 is 0 Å². The van der Waals surface area contributed by atoms with Crippen molar-refractivity contribution >= 4 is 55.1 Å². The molecule has 0 aliphatic heterocycles. The van der Waals surface area contributed by atoms with Crippen LogP contribution in [0.25, 0.3) is 0 Å². The lowest BCUT2D eigenvalue weighted by atomic mass is 10.3. The van der Waals surface area contributed by atoms with Crippen molar-refractivity contribution in [2.24, 2.45) is 0 Å². The summed E-state index contributed by atoms with van der Waals surface area (Å²) >= 11 is 15.4. The molecule has 11 heteroatoms. The predicted molar refractivity (Wildman–Crippen MR) is 99.5 cm³/mol. The largest absolute Gasteiger partial charge is 0.507 e. The smallest absolute Gasteiger partial charge is 0.320 e. The molecule has 0 bridgehead atoms. The molecule has 7 nitrogen and oxygen atoms in total. The zero-order chi connectivity index (χ0) is 19.5. The maximum atomic E-state index is 12.3. The third-order valence-electron chi connectivity index (χ3n) is 3.04. The summed E-state index contributed by atoms with van der Waals surface area (Å²) in [7, 11) is -3.07. The van der Waals surface area contributed by atoms with Gasteiger partial charge in [0.15, 0.2) is 5.75 Å². The van der Waals surface area contributed by atoms with Crippen molar-refractivity contribution in [2.45, 2.75) is 4.90 Å². The summed E-state index contributed by atoms with van der Waals surface area (Å²) in [6, 6.07) is 6.65. The highest BCUT2D eigenvalue weighted by atomic mass is 79.9. The van der Waals surface area contributed by atoms with Gasteiger partial charge >= 0.3 is 5.97 Å². The zero-order valence-corrected chi connectivity index (χ0v) is 17.0. The van der Waals surface area contributed by atoms with Gasteiger partial charge in [0.05, 0.1) is 17.2 Å². The minimum absolute atomic E-state index is 0.0624. The fourth-order valence-corrected chi connectivity index (χ4v) is 4.19. The fraction of sp³-hybridized carbons (Fsp3) is 0.133. The molecular weight excluding hydrogens is 473 g/mol. The lowest BCUT2D eigenvalue weighted by Gasteiger charge is -2.12. The summed E-state index contributed by atoms with van der Waals surface area (Å²) in [6.45, 7) is -0.590. The van der Waals surface area contributed by atoms with Gasteiger partial charge in [-0.3, -0.25) is 4.79 Å². The zero-order valence-electron chi connectivity index (χ0n) is 13.1. The van der Waals surface area contributed by atoms with Gasteiger partial charge in [0.25, 0.3) is 0 Å². The number of ether oxygens (including phenoxy) is 2. The van der Waals surface area contributed by atoms with Crippen LogP contribution in [0.15, 0.2) is 39.7 Å². The Labute approximate surface area is 168 Å². The van der Waals surface area contributed by atoms with Gasteiger partial charge in [-0.05, 0) is 24.3 Å². The van der Waals surface area contributed by atoms with E-state index in [4.69, 9.17) is 27.9 Å². The van der Waals surface area contributed by atoms with Crippen molar-refractivity contribution in [3.05, 3.63) is 44.8 Å². The second kappa shape index (κ2) is 8.45. The number of sulfonamides is 1. The molecule has 2 rings (SSSR count). The van der Waals surface area contributed by atoms with Gasteiger partial charge in [-0.25, -0.2) is 8.42 Å². The molecule has 0 unspecified atom stereocenters. The predicted octanol–water partition coefficient (Wildman–Crippen LogP) is 3.71. The van der Waals surface area contributed by atoms with Crippen molar-refractivity contribution in [3.8, 4) is 17.2 Å². The van der Waals surface area contributed by atoms with Gasteiger partial charge in [-0.2, -0.15) is 4.72 Å². The summed E-state index contributed by atoms with van der Waals surface area (Å²) in [5.41, 5.74) is 0. The van der Waals surface area contributed by atoms with E-state index in [1.54, 1.807) is 12.1 Å². The lowest BCUT2D eigenvalue weighted by Crippen LogP contribution is -2.30. The first kappa shape index (κ1) is 20.8. The molecule has 0 aliphatic rings. The molecule has 2 aromatic rings. The molecule has 2 N–H and O–H groups in total. The van der Waals surface area contributed by atoms with Crippen molar-refractivity contribution in [3.63, 3.8) is 0 Å². The molecule has 0 aromatic heterocycles. The van der Waals surface area contributed by atoms with Gasteiger partial charge in [-0.15, -0.1) is 0 Å². The van der Waals surface area contributed by atoms with E-state index in [1.165, 1.54) is 6.07 Å². The normalized spacial score (nSPS) is 11.2. The van der Waals surface area contributed by atoms with Crippen LogP contribution in [0.1, 0.15) is 0 Å². The number of hydrogen-bond acceptors (Lipinski definition) is 6. The summed E-state index contributed by atoms with van der Waals surface area (Å²) in [4.78, 5) is 10.6. The van der Waals surface area contributed by atoms with Crippen LogP contribution in [0.5, 0.6) is 17.2 Å². The number of nitrogens with one attached hydrogen (secondary N) is 1. The number of halogens is 3. The van der Waals surface area contributed by atoms with E-state index in [9.17, 15) is 18.3 Å². The number of methoxy groups -OCH3 is 1. The first-order chi connectivity index (χ1) is 12.1. The van der Waals surface area contributed by atoms with Crippen LogP contribution in [0.4, 0.5) is 0 Å². The minimum Gasteiger partial charge on any atom is -0.507 e. The Morgan fingerprint density at radius 1 is 1.23 bits per heavy atom. The molecule has 0 saturated carbocycles. The molecular formula is C15H12BrCl2NO6S. The van der Waals surface area contributed by atoms with Gasteiger partial charge in [0.2, 0.25) is 10.0 Å². The van der Waals surface area contributed by atoms with E-state index in [1.807, 2.05) is 4.72 Å². The van der Waals surface area contributed by atoms with Crippen molar-refractivity contribution < 1.29 is 27.8 Å². The van der Waals surface area contributed by atoms with Gasteiger partial charge < -0.3 is 14.6 Å². The molecule has 0 saturated heterocycles. The number of aromatic hydroxyl groups is 1. The van der Waals surface area contributed by atoms with Gasteiger partial charge in [0, 0.05) is 10.5 Å². The highest BCUT2D eigenvalue weighted by molar-refractivity contribution is 9.10. The van der Waals surface area contributed by atoms with Gasteiger partial charge in [-0.1, -0.05) is 39.1 Å². The Morgan fingerprint density at radius 3 is 2.42 bits per heavy atom. The number of esters is 1. The number of hydrogen-bond donors (Lipinski definition) is 2. The summed E-state index contributed by atoms with van der Waals surface area (Å²) in [6.07, 6.45) is 0. The third-order valence-corrected chi connectivity index (χ3v) is 5.49. The van der Waals surface area contributed by atoms with Crippen LogP contribution in [-0.4, -0.2) is 33.1 Å². The van der Waals surface area contributed by atoms with Crippen LogP contribution in [-0.2, 0) is 19.6 Å². The quantitative estimate of drug-likeness (QED) is 0.606. The van der Waals surface area contributed by atoms with E-state index in [0.717, 1.165) is 19.2 Å². The van der Waals surface area contributed by atoms with Crippen LogP contribution in [0, 0.1) is 0 Å². The molecule has 0 amide bonds. The van der Waals surface area contributed by atoms with E-state index < -0.39 is 33.2 Å². The number of benzene rings is 2. The number of phenols is 1. The second-order valence-corrected chi connectivity index (χ2v) is 8.30. The summed E-state index contributed by atoms with van der Waals surface area (Å²) in [5.74, 6) is -1.13. The van der Waals surface area contributed by atoms with Crippen LogP contribution < -0.4 is 9.46 Å². The monoisotopic (exact) mass is 483 g/mol. The average Bonchev–Trinajstić information content (AvgIpc) is 2.57. The van der Waals surface area contributed by atoms with Crippen LogP contribution in [0.2, 0.25) is 10.0 Å². The highest BCUT2D eigenvalue weighted by Gasteiger charge is 2.21. The molecule has 26 heavy (non-hydrogen) atoms. The molecule has 0 aliphatic carbocycles. The molecule has 140 valence electrons. The van der Waals surface area contributed by atoms with E-state index in [0.29, 0.717) is 4.47 Å². The number of carbonyl (C=O) groups excluding carboxylic acids is 1. The van der Waals surface area contributed by atoms with E-state index in [2.05, 4.69) is 20.7 Å². The van der Waals surface area contributed by atoms with Crippen LogP contribution in [0.3, 0.4) is 0 Å². The third kappa shape index (κ3) is 5.01. The first-order valence-electron chi connectivity index (χ1n) is 6.86. The van der Waals surface area contributed by atoms with E-state index in [-0.39, 0.29) is 21.5 Å². The Kier molecular flexibility index (Phi) is 6.75. The molecule has 0 atom stereocenters. The average molecular weight is 485 g/mol. The topological polar surface area (TPSA) is 102 Å². The lowest BCUT2D eigenvalue weighted by molar-refractivity contribution is -0.139. The number of phenolic OH excluding ortho intramolecular Hbond substituents is 1. The van der Waals surface area contributed by atoms with Crippen LogP contribution >= 0.6 is 39.1 Å². The van der Waals surface area contributed by atoms with Crippen molar-refractivity contribution in [1.82, 2.24) is 4.72 Å². The fourth-order valence-electron chi connectivity index (χ4n) is 1.82. The minimum atomic E-state index is -4.19. The molecule has 0 fully saturated rings. The Morgan fingerprint density at radius 2 is 1.85 bits per heavy atom. The molecule has 0 heterocycles. The maximum Gasteiger partial charge on any atom is 0.320 e. The van der Waals surface area contributed by atoms with Gasteiger partial charge in [0.1, 0.15) is 22.9 Å². The van der Waals surface area contributed by atoms with Crippen molar-refractivity contribution in [1.29, 1.82) is 0 Å². The Hall–Kier alpha value is -1.52. The highest BCUT2D eigenvalue weighted by Crippen LogP contribution is 2.39. The molecule has 2 aromatic carbocycles. The number of rotatable bonds is 6. The van der Waals surface area contributed by atoms with Crippen molar-refractivity contribution in [2.75, 3.05) is 13.7 Å². The maximum absolute atomic E-state index is 12.3. The molecule has 0 spiro atoms. The Bertz CT molecular complexity index is 928. The second-order valence-electron chi connectivity index (χ2n) is 4.83. The summed E-state index contributed by atoms with van der Waals surface area (Å²) < 4.78 is 37.1. The Balaban J connectivity index is 2.34. The molecule has 0 radical (unpaired) electrons.